The number of para-hydroxylation sites is 1. The molecule has 2 aromatic rings. The highest BCUT2D eigenvalue weighted by Crippen LogP contribution is 2.18. The Balaban J connectivity index is 2.07. The SMILES string of the molecule is CCCCOC(=O)c1ccccc1N/C=C(/C#N)C(=O)NC(C)c1ccc(CC)cc1. The summed E-state index contributed by atoms with van der Waals surface area (Å²) >= 11 is 0. The van der Waals surface area contributed by atoms with E-state index in [1.54, 1.807) is 24.3 Å². The normalized spacial score (nSPS) is 11.9. The van der Waals surface area contributed by atoms with Crippen LogP contribution in [0.25, 0.3) is 0 Å². The van der Waals surface area contributed by atoms with Crippen molar-refractivity contribution in [1.29, 1.82) is 5.26 Å². The fraction of sp³-hybridized carbons (Fsp3) is 0.320. The van der Waals surface area contributed by atoms with Crippen LogP contribution in [0.2, 0.25) is 0 Å². The highest BCUT2D eigenvalue weighted by molar-refractivity contribution is 5.99. The largest absolute Gasteiger partial charge is 0.462 e. The highest BCUT2D eigenvalue weighted by Gasteiger charge is 2.15. The number of amides is 1. The molecule has 0 aromatic heterocycles. The third-order valence-electron chi connectivity index (χ3n) is 4.85. The maximum Gasteiger partial charge on any atom is 0.340 e. The van der Waals surface area contributed by atoms with Gasteiger partial charge in [-0.3, -0.25) is 4.79 Å². The first-order chi connectivity index (χ1) is 15.0. The fourth-order valence-electron chi connectivity index (χ4n) is 2.87. The van der Waals surface area contributed by atoms with Crippen molar-refractivity contribution in [3.63, 3.8) is 0 Å². The molecule has 0 aliphatic rings. The number of ether oxygens (including phenoxy) is 1. The van der Waals surface area contributed by atoms with Crippen molar-refractivity contribution in [2.75, 3.05) is 11.9 Å². The van der Waals surface area contributed by atoms with Crippen LogP contribution in [-0.2, 0) is 16.0 Å². The minimum Gasteiger partial charge on any atom is -0.462 e. The second kappa shape index (κ2) is 12.2. The van der Waals surface area contributed by atoms with Crippen LogP contribution >= 0.6 is 0 Å². The van der Waals surface area contributed by atoms with Crippen molar-refractivity contribution in [2.24, 2.45) is 0 Å². The quantitative estimate of drug-likeness (QED) is 0.247. The first-order valence-corrected chi connectivity index (χ1v) is 10.5. The fourth-order valence-corrected chi connectivity index (χ4v) is 2.87. The number of anilines is 1. The van der Waals surface area contributed by atoms with Crippen LogP contribution < -0.4 is 10.6 Å². The Bertz CT molecular complexity index is 959. The summed E-state index contributed by atoms with van der Waals surface area (Å²) in [6, 6.07) is 16.5. The third kappa shape index (κ3) is 7.00. The molecule has 1 unspecified atom stereocenters. The zero-order valence-corrected chi connectivity index (χ0v) is 18.3. The van der Waals surface area contributed by atoms with Crippen molar-refractivity contribution in [3.05, 3.63) is 77.0 Å². The van der Waals surface area contributed by atoms with Gasteiger partial charge in [-0.05, 0) is 43.0 Å². The van der Waals surface area contributed by atoms with Crippen LogP contribution in [0.3, 0.4) is 0 Å². The molecule has 6 heteroatoms. The summed E-state index contributed by atoms with van der Waals surface area (Å²) in [5.74, 6) is -0.942. The predicted octanol–water partition coefficient (Wildman–Crippen LogP) is 4.90. The van der Waals surface area contributed by atoms with Crippen molar-refractivity contribution in [3.8, 4) is 6.07 Å². The van der Waals surface area contributed by atoms with Crippen LogP contribution in [0.15, 0.2) is 60.3 Å². The van der Waals surface area contributed by atoms with Gasteiger partial charge in [0.2, 0.25) is 0 Å². The molecule has 0 heterocycles. The van der Waals surface area contributed by atoms with Crippen LogP contribution in [0.1, 0.15) is 61.1 Å². The van der Waals surface area contributed by atoms with Crippen LogP contribution in [0.5, 0.6) is 0 Å². The summed E-state index contributed by atoms with van der Waals surface area (Å²) in [5, 5.41) is 15.2. The molecule has 162 valence electrons. The molecule has 0 radical (unpaired) electrons. The molecule has 0 saturated carbocycles. The molecule has 1 amide bonds. The maximum absolute atomic E-state index is 12.6. The van der Waals surface area contributed by atoms with E-state index in [-0.39, 0.29) is 11.6 Å². The molecular weight excluding hydrogens is 390 g/mol. The summed E-state index contributed by atoms with van der Waals surface area (Å²) in [5.41, 5.74) is 2.89. The van der Waals surface area contributed by atoms with Crippen LogP contribution in [0, 0.1) is 11.3 Å². The number of carbonyl (C=O) groups excluding carboxylic acids is 2. The van der Waals surface area contributed by atoms with E-state index in [0.717, 1.165) is 24.8 Å². The lowest BCUT2D eigenvalue weighted by atomic mass is 10.0. The number of esters is 1. The second-order valence-corrected chi connectivity index (χ2v) is 7.14. The van der Waals surface area contributed by atoms with Crippen molar-refractivity contribution >= 4 is 17.6 Å². The molecular formula is C25H29N3O3. The van der Waals surface area contributed by atoms with E-state index in [1.165, 1.54) is 11.8 Å². The monoisotopic (exact) mass is 419 g/mol. The van der Waals surface area contributed by atoms with Gasteiger partial charge in [0, 0.05) is 6.20 Å². The molecule has 0 fully saturated rings. The second-order valence-electron chi connectivity index (χ2n) is 7.14. The first kappa shape index (κ1) is 23.7. The van der Waals surface area contributed by atoms with Crippen LogP contribution in [-0.4, -0.2) is 18.5 Å². The summed E-state index contributed by atoms with van der Waals surface area (Å²) in [6.07, 6.45) is 3.97. The predicted molar refractivity (Wildman–Crippen MR) is 121 cm³/mol. The third-order valence-corrected chi connectivity index (χ3v) is 4.85. The number of aryl methyl sites for hydroxylation is 1. The van der Waals surface area contributed by atoms with Gasteiger partial charge in [0.15, 0.2) is 0 Å². The summed E-state index contributed by atoms with van der Waals surface area (Å²) < 4.78 is 5.26. The molecule has 0 aliphatic carbocycles. The number of nitrogens with zero attached hydrogens (tertiary/aromatic N) is 1. The lowest BCUT2D eigenvalue weighted by molar-refractivity contribution is -0.117. The summed E-state index contributed by atoms with van der Waals surface area (Å²) in [4.78, 5) is 24.9. The Morgan fingerprint density at radius 2 is 1.84 bits per heavy atom. The summed E-state index contributed by atoms with van der Waals surface area (Å²) in [7, 11) is 0. The molecule has 2 N–H and O–H groups in total. The first-order valence-electron chi connectivity index (χ1n) is 10.5. The van der Waals surface area contributed by atoms with Gasteiger partial charge >= 0.3 is 5.97 Å². The topological polar surface area (TPSA) is 91.2 Å². The number of hydrogen-bond acceptors (Lipinski definition) is 5. The van der Waals surface area contributed by atoms with Gasteiger partial charge in [0.1, 0.15) is 11.6 Å². The lowest BCUT2D eigenvalue weighted by Gasteiger charge is -2.15. The van der Waals surface area contributed by atoms with E-state index in [2.05, 4.69) is 17.6 Å². The van der Waals surface area contributed by atoms with E-state index in [9.17, 15) is 14.9 Å². The van der Waals surface area contributed by atoms with E-state index in [0.29, 0.717) is 17.9 Å². The van der Waals surface area contributed by atoms with E-state index >= 15 is 0 Å². The Morgan fingerprint density at radius 3 is 2.48 bits per heavy atom. The number of rotatable bonds is 10. The van der Waals surface area contributed by atoms with Gasteiger partial charge in [0.05, 0.1) is 23.9 Å². The molecule has 0 spiro atoms. The molecule has 6 nitrogen and oxygen atoms in total. The van der Waals surface area contributed by atoms with Crippen molar-refractivity contribution in [2.45, 2.75) is 46.1 Å². The van der Waals surface area contributed by atoms with E-state index < -0.39 is 11.9 Å². The maximum atomic E-state index is 12.6. The van der Waals surface area contributed by atoms with Gasteiger partial charge in [-0.2, -0.15) is 5.26 Å². The van der Waals surface area contributed by atoms with Gasteiger partial charge in [-0.1, -0.05) is 56.7 Å². The average molecular weight is 420 g/mol. The Morgan fingerprint density at radius 1 is 1.13 bits per heavy atom. The lowest BCUT2D eigenvalue weighted by Crippen LogP contribution is -2.28. The zero-order valence-electron chi connectivity index (χ0n) is 18.3. The standard InChI is InChI=1S/C25H29N3O3/c1-4-6-15-31-25(30)22-9-7-8-10-23(22)27-17-21(16-26)24(29)28-18(3)20-13-11-19(5-2)12-14-20/h7-14,17-18,27H,4-6,15H2,1-3H3,(H,28,29)/b21-17-. The minimum atomic E-state index is -0.495. The molecule has 0 aliphatic heterocycles. The number of carbonyl (C=O) groups is 2. The molecule has 31 heavy (non-hydrogen) atoms. The number of unbranched alkanes of at least 4 members (excludes halogenated alkanes) is 1. The smallest absolute Gasteiger partial charge is 0.340 e. The average Bonchev–Trinajstić information content (AvgIpc) is 2.79. The summed E-state index contributed by atoms with van der Waals surface area (Å²) in [6.45, 7) is 6.31. The van der Waals surface area contributed by atoms with Gasteiger partial charge in [-0.25, -0.2) is 4.79 Å². The molecule has 2 aromatic carbocycles. The highest BCUT2D eigenvalue weighted by atomic mass is 16.5. The zero-order chi connectivity index (χ0) is 22.6. The number of nitrogens with one attached hydrogen (secondary N) is 2. The van der Waals surface area contributed by atoms with Crippen molar-refractivity contribution in [1.82, 2.24) is 5.32 Å². The molecule has 1 atom stereocenters. The van der Waals surface area contributed by atoms with E-state index in [4.69, 9.17) is 4.74 Å². The number of benzene rings is 2. The Kier molecular flexibility index (Phi) is 9.31. The van der Waals surface area contributed by atoms with Gasteiger partial charge in [-0.15, -0.1) is 0 Å². The van der Waals surface area contributed by atoms with E-state index in [1.807, 2.05) is 44.2 Å². The molecule has 0 bridgehead atoms. The Hall–Kier alpha value is -3.59. The Labute approximate surface area is 183 Å². The van der Waals surface area contributed by atoms with Crippen molar-refractivity contribution < 1.29 is 14.3 Å². The number of nitriles is 1. The number of hydrogen-bond donors (Lipinski definition) is 2. The minimum absolute atomic E-state index is 0.0915. The van der Waals surface area contributed by atoms with Gasteiger partial charge in [0.25, 0.3) is 5.91 Å². The molecule has 2 rings (SSSR count). The van der Waals surface area contributed by atoms with Crippen LogP contribution in [0.4, 0.5) is 5.69 Å². The van der Waals surface area contributed by atoms with Gasteiger partial charge < -0.3 is 15.4 Å². The molecule has 0 saturated heterocycles.